The summed E-state index contributed by atoms with van der Waals surface area (Å²) in [6, 6.07) is 17.0. The minimum Gasteiger partial charge on any atom is -0.326 e. The van der Waals surface area contributed by atoms with Crippen LogP contribution in [0.15, 0.2) is 59.5 Å². The van der Waals surface area contributed by atoms with Gasteiger partial charge >= 0.3 is 0 Å². The highest BCUT2D eigenvalue weighted by Crippen LogP contribution is 2.30. The van der Waals surface area contributed by atoms with E-state index in [2.05, 4.69) is 6.92 Å². The van der Waals surface area contributed by atoms with Crippen molar-refractivity contribution in [2.45, 2.75) is 36.6 Å². The summed E-state index contributed by atoms with van der Waals surface area (Å²) < 4.78 is 27.3. The van der Waals surface area contributed by atoms with Crippen molar-refractivity contribution < 1.29 is 8.42 Å². The molecule has 5 heteroatoms. The van der Waals surface area contributed by atoms with E-state index in [1.165, 1.54) is 4.31 Å². The predicted octanol–water partition coefficient (Wildman–Crippen LogP) is 2.75. The number of aryl methyl sites for hydroxylation is 1. The lowest BCUT2D eigenvalue weighted by Crippen LogP contribution is -2.32. The van der Waals surface area contributed by atoms with E-state index in [9.17, 15) is 8.42 Å². The zero-order valence-corrected chi connectivity index (χ0v) is 14.7. The summed E-state index contributed by atoms with van der Waals surface area (Å²) in [6.45, 7) is 2.91. The molecule has 1 aliphatic rings. The Bertz CT molecular complexity index is 773. The number of hydrogen-bond donors (Lipinski definition) is 1. The molecule has 0 bridgehead atoms. The van der Waals surface area contributed by atoms with E-state index in [0.717, 1.165) is 24.0 Å². The van der Waals surface area contributed by atoms with Gasteiger partial charge in [0.2, 0.25) is 10.0 Å². The first-order chi connectivity index (χ1) is 11.5. The molecule has 4 nitrogen and oxygen atoms in total. The minimum atomic E-state index is -3.49. The van der Waals surface area contributed by atoms with E-state index in [0.29, 0.717) is 18.0 Å². The summed E-state index contributed by atoms with van der Waals surface area (Å²) in [5, 5.41) is 0. The monoisotopic (exact) mass is 344 g/mol. The maximum atomic E-state index is 12.9. The fourth-order valence-electron chi connectivity index (χ4n) is 3.31. The molecule has 128 valence electrons. The third-order valence-corrected chi connectivity index (χ3v) is 6.51. The van der Waals surface area contributed by atoms with Gasteiger partial charge in [-0.15, -0.1) is 0 Å². The van der Waals surface area contributed by atoms with Gasteiger partial charge in [0.05, 0.1) is 4.90 Å². The molecule has 0 radical (unpaired) electrons. The third-order valence-electron chi connectivity index (χ3n) is 4.66. The van der Waals surface area contributed by atoms with Crippen molar-refractivity contribution in [2.24, 2.45) is 5.73 Å². The van der Waals surface area contributed by atoms with Crippen LogP contribution in [-0.4, -0.2) is 31.9 Å². The summed E-state index contributed by atoms with van der Waals surface area (Å²) in [6.07, 6.45) is 2.01. The average Bonchev–Trinajstić information content (AvgIpc) is 2.99. The topological polar surface area (TPSA) is 63.4 Å². The smallest absolute Gasteiger partial charge is 0.243 e. The Labute approximate surface area is 144 Å². The quantitative estimate of drug-likeness (QED) is 0.907. The van der Waals surface area contributed by atoms with Crippen LogP contribution in [0.1, 0.15) is 30.4 Å². The lowest BCUT2D eigenvalue weighted by Gasteiger charge is -2.17. The number of hydrogen-bond acceptors (Lipinski definition) is 3. The molecule has 1 heterocycles. The van der Waals surface area contributed by atoms with Crippen molar-refractivity contribution in [3.63, 3.8) is 0 Å². The molecule has 0 saturated carbocycles. The first kappa shape index (κ1) is 17.1. The molecule has 2 aromatic carbocycles. The van der Waals surface area contributed by atoms with Crippen molar-refractivity contribution in [1.29, 1.82) is 0 Å². The molecule has 0 unspecified atom stereocenters. The largest absolute Gasteiger partial charge is 0.326 e. The zero-order valence-electron chi connectivity index (χ0n) is 13.9. The molecule has 0 aliphatic carbocycles. The van der Waals surface area contributed by atoms with Gasteiger partial charge in [-0.25, -0.2) is 8.42 Å². The summed E-state index contributed by atoms with van der Waals surface area (Å²) in [5.74, 6) is 0.0420. The third kappa shape index (κ3) is 3.38. The lowest BCUT2D eigenvalue weighted by molar-refractivity contribution is 0.470. The zero-order chi connectivity index (χ0) is 17.2. The molecule has 0 aromatic heterocycles. The lowest BCUT2D eigenvalue weighted by atomic mass is 9.95. The van der Waals surface area contributed by atoms with Gasteiger partial charge in [-0.1, -0.05) is 55.8 Å². The molecule has 24 heavy (non-hydrogen) atoms. The first-order valence-corrected chi connectivity index (χ1v) is 9.86. The maximum absolute atomic E-state index is 12.9. The summed E-state index contributed by atoms with van der Waals surface area (Å²) >= 11 is 0. The van der Waals surface area contributed by atoms with E-state index >= 15 is 0 Å². The van der Waals surface area contributed by atoms with Gasteiger partial charge in [0.15, 0.2) is 0 Å². The molecule has 1 saturated heterocycles. The van der Waals surface area contributed by atoms with Crippen molar-refractivity contribution in [3.05, 3.63) is 65.7 Å². The molecule has 2 N–H and O–H groups in total. The Morgan fingerprint density at radius 2 is 1.71 bits per heavy atom. The second-order valence-electron chi connectivity index (χ2n) is 6.40. The molecule has 0 amide bonds. The van der Waals surface area contributed by atoms with Gasteiger partial charge in [0.1, 0.15) is 0 Å². The van der Waals surface area contributed by atoms with Gasteiger partial charge < -0.3 is 5.73 Å². The van der Waals surface area contributed by atoms with Crippen LogP contribution in [0.4, 0.5) is 0 Å². The first-order valence-electron chi connectivity index (χ1n) is 8.42. The van der Waals surface area contributed by atoms with Crippen molar-refractivity contribution in [1.82, 2.24) is 4.31 Å². The van der Waals surface area contributed by atoms with E-state index < -0.39 is 10.0 Å². The van der Waals surface area contributed by atoms with E-state index in [4.69, 9.17) is 5.73 Å². The molecule has 2 atom stereocenters. The van der Waals surface area contributed by atoms with E-state index in [-0.39, 0.29) is 12.0 Å². The Morgan fingerprint density at radius 1 is 1.04 bits per heavy atom. The number of benzene rings is 2. The van der Waals surface area contributed by atoms with Crippen LogP contribution in [0.5, 0.6) is 0 Å². The molecular weight excluding hydrogens is 320 g/mol. The fourth-order valence-corrected chi connectivity index (χ4v) is 4.81. The fraction of sp³-hybridized carbons (Fsp3) is 0.368. The maximum Gasteiger partial charge on any atom is 0.243 e. The van der Waals surface area contributed by atoms with Crippen LogP contribution in [-0.2, 0) is 16.4 Å². The van der Waals surface area contributed by atoms with Crippen LogP contribution in [0.3, 0.4) is 0 Å². The van der Waals surface area contributed by atoms with Crippen LogP contribution in [0, 0.1) is 0 Å². The van der Waals surface area contributed by atoms with E-state index in [1.807, 2.05) is 42.5 Å². The Balaban J connectivity index is 1.80. The van der Waals surface area contributed by atoms with Crippen LogP contribution >= 0.6 is 0 Å². The minimum absolute atomic E-state index is 0.0420. The molecule has 2 aromatic rings. The van der Waals surface area contributed by atoms with Crippen LogP contribution in [0.25, 0.3) is 0 Å². The SMILES string of the molecule is CCCc1ccc(S(=O)(=O)N2C[C@@H](N)[C@H](c3ccccc3)C2)cc1. The van der Waals surface area contributed by atoms with Crippen LogP contribution in [0.2, 0.25) is 0 Å². The second kappa shape index (κ2) is 7.05. The van der Waals surface area contributed by atoms with Gasteiger partial charge in [0.25, 0.3) is 0 Å². The van der Waals surface area contributed by atoms with Gasteiger partial charge in [-0.05, 0) is 29.7 Å². The number of rotatable bonds is 5. The summed E-state index contributed by atoms with van der Waals surface area (Å²) in [7, 11) is -3.49. The predicted molar refractivity (Wildman–Crippen MR) is 96.4 cm³/mol. The van der Waals surface area contributed by atoms with Gasteiger partial charge in [-0.3, -0.25) is 0 Å². The molecule has 0 spiro atoms. The standard InChI is InChI=1S/C19H24N2O2S/c1-2-6-15-9-11-17(12-10-15)24(22,23)21-13-18(19(20)14-21)16-7-4-3-5-8-16/h3-5,7-12,18-19H,2,6,13-14,20H2,1H3/t18-,19+/m0/s1. The Kier molecular flexibility index (Phi) is 5.04. The van der Waals surface area contributed by atoms with Gasteiger partial charge in [-0.2, -0.15) is 4.31 Å². The highest BCUT2D eigenvalue weighted by atomic mass is 32.2. The highest BCUT2D eigenvalue weighted by molar-refractivity contribution is 7.89. The molecular formula is C19H24N2O2S. The Hall–Kier alpha value is -1.69. The molecule has 1 aliphatic heterocycles. The van der Waals surface area contributed by atoms with Crippen molar-refractivity contribution >= 4 is 10.0 Å². The van der Waals surface area contributed by atoms with E-state index in [1.54, 1.807) is 12.1 Å². The highest BCUT2D eigenvalue weighted by Gasteiger charge is 2.38. The normalized spacial score (nSPS) is 21.9. The second-order valence-corrected chi connectivity index (χ2v) is 8.33. The van der Waals surface area contributed by atoms with Crippen LogP contribution < -0.4 is 5.73 Å². The van der Waals surface area contributed by atoms with Gasteiger partial charge in [0, 0.05) is 25.0 Å². The number of nitrogens with two attached hydrogens (primary N) is 1. The number of nitrogens with zero attached hydrogens (tertiary/aromatic N) is 1. The summed E-state index contributed by atoms with van der Waals surface area (Å²) in [5.41, 5.74) is 8.50. The Morgan fingerprint density at radius 3 is 2.33 bits per heavy atom. The summed E-state index contributed by atoms with van der Waals surface area (Å²) in [4.78, 5) is 0.350. The average molecular weight is 344 g/mol. The molecule has 3 rings (SSSR count). The number of sulfonamides is 1. The molecule has 1 fully saturated rings. The van der Waals surface area contributed by atoms with Crippen molar-refractivity contribution in [2.75, 3.05) is 13.1 Å². The van der Waals surface area contributed by atoms with Crippen molar-refractivity contribution in [3.8, 4) is 0 Å².